The number of piperazine rings is 1. The van der Waals surface area contributed by atoms with Crippen molar-refractivity contribution in [2.24, 2.45) is 0 Å². The van der Waals surface area contributed by atoms with E-state index in [2.05, 4.69) is 5.32 Å². The molecular formula is C9H18N2O3. The van der Waals surface area contributed by atoms with Crippen molar-refractivity contribution in [3.05, 3.63) is 0 Å². The summed E-state index contributed by atoms with van der Waals surface area (Å²) in [6.45, 7) is 3.78. The number of carbonyl (C=O) groups is 1. The number of rotatable bonds is 4. The van der Waals surface area contributed by atoms with Crippen molar-refractivity contribution in [1.82, 2.24) is 10.2 Å². The third kappa shape index (κ3) is 2.43. The first-order chi connectivity index (χ1) is 6.70. The Bertz CT molecular complexity index is 198. The summed E-state index contributed by atoms with van der Waals surface area (Å²) in [6.07, 6.45) is 0. The maximum Gasteiger partial charge on any atom is 0.239 e. The predicted molar refractivity (Wildman–Crippen MR) is 51.9 cm³/mol. The molecule has 0 aromatic carbocycles. The largest absolute Gasteiger partial charge is 0.394 e. The third-order valence-electron chi connectivity index (χ3n) is 2.57. The Morgan fingerprint density at radius 1 is 1.71 bits per heavy atom. The summed E-state index contributed by atoms with van der Waals surface area (Å²) >= 11 is 0. The molecule has 2 unspecified atom stereocenters. The SMILES string of the molecule is COCCN1C(C)CNC(=O)C1CO. The van der Waals surface area contributed by atoms with Gasteiger partial charge in [-0.05, 0) is 6.92 Å². The average molecular weight is 202 g/mol. The molecule has 1 fully saturated rings. The van der Waals surface area contributed by atoms with Gasteiger partial charge in [0.05, 0.1) is 13.2 Å². The van der Waals surface area contributed by atoms with Crippen molar-refractivity contribution in [3.63, 3.8) is 0 Å². The molecule has 0 spiro atoms. The molecule has 82 valence electrons. The number of nitrogens with zero attached hydrogens (tertiary/aromatic N) is 1. The summed E-state index contributed by atoms with van der Waals surface area (Å²) < 4.78 is 4.97. The second-order valence-electron chi connectivity index (χ2n) is 3.52. The van der Waals surface area contributed by atoms with E-state index >= 15 is 0 Å². The van der Waals surface area contributed by atoms with Crippen LogP contribution in [0, 0.1) is 0 Å². The first kappa shape index (κ1) is 11.4. The fraction of sp³-hybridized carbons (Fsp3) is 0.889. The van der Waals surface area contributed by atoms with Crippen LogP contribution in [0.5, 0.6) is 0 Å². The number of aliphatic hydroxyl groups excluding tert-OH is 1. The number of hydrogen-bond acceptors (Lipinski definition) is 4. The van der Waals surface area contributed by atoms with Crippen LogP contribution >= 0.6 is 0 Å². The molecular weight excluding hydrogens is 184 g/mol. The third-order valence-corrected chi connectivity index (χ3v) is 2.57. The van der Waals surface area contributed by atoms with Gasteiger partial charge >= 0.3 is 0 Å². The highest BCUT2D eigenvalue weighted by Crippen LogP contribution is 2.09. The minimum Gasteiger partial charge on any atom is -0.394 e. The molecule has 1 amide bonds. The Hall–Kier alpha value is -0.650. The molecule has 1 rings (SSSR count). The number of hydrogen-bond donors (Lipinski definition) is 2. The van der Waals surface area contributed by atoms with Crippen LogP contribution in [0.4, 0.5) is 0 Å². The molecule has 1 aliphatic rings. The normalized spacial score (nSPS) is 28.9. The van der Waals surface area contributed by atoms with Crippen LogP contribution in [-0.4, -0.2) is 61.4 Å². The minimum absolute atomic E-state index is 0.0956. The van der Waals surface area contributed by atoms with E-state index in [0.29, 0.717) is 19.7 Å². The fourth-order valence-electron chi connectivity index (χ4n) is 1.70. The lowest BCUT2D eigenvalue weighted by molar-refractivity contribution is -0.133. The zero-order valence-corrected chi connectivity index (χ0v) is 8.69. The minimum atomic E-state index is -0.422. The highest BCUT2D eigenvalue weighted by Gasteiger charge is 2.32. The van der Waals surface area contributed by atoms with Gasteiger partial charge in [0.1, 0.15) is 6.04 Å². The van der Waals surface area contributed by atoms with Crippen molar-refractivity contribution in [1.29, 1.82) is 0 Å². The summed E-state index contributed by atoms with van der Waals surface area (Å²) in [7, 11) is 1.63. The van der Waals surface area contributed by atoms with Crippen LogP contribution < -0.4 is 5.32 Å². The first-order valence-corrected chi connectivity index (χ1v) is 4.84. The Labute approximate surface area is 84.0 Å². The van der Waals surface area contributed by atoms with Crippen molar-refractivity contribution in [3.8, 4) is 0 Å². The van der Waals surface area contributed by atoms with Gasteiger partial charge in [0, 0.05) is 26.2 Å². The standard InChI is InChI=1S/C9H18N2O3/c1-7-5-10-9(13)8(6-12)11(7)3-4-14-2/h7-8,12H,3-6H2,1-2H3,(H,10,13). The van der Waals surface area contributed by atoms with Gasteiger partial charge < -0.3 is 15.2 Å². The topological polar surface area (TPSA) is 61.8 Å². The number of methoxy groups -OCH3 is 1. The van der Waals surface area contributed by atoms with E-state index in [9.17, 15) is 4.79 Å². The van der Waals surface area contributed by atoms with Gasteiger partial charge in [0.2, 0.25) is 5.91 Å². The van der Waals surface area contributed by atoms with Crippen LogP contribution in [0.2, 0.25) is 0 Å². The molecule has 0 radical (unpaired) electrons. The van der Waals surface area contributed by atoms with Gasteiger partial charge in [-0.3, -0.25) is 9.69 Å². The van der Waals surface area contributed by atoms with Crippen LogP contribution in [0.15, 0.2) is 0 Å². The van der Waals surface area contributed by atoms with Crippen LogP contribution in [-0.2, 0) is 9.53 Å². The second kappa shape index (κ2) is 5.29. The Balaban J connectivity index is 2.58. The molecule has 0 saturated carbocycles. The Kier molecular flexibility index (Phi) is 4.31. The van der Waals surface area contributed by atoms with E-state index in [-0.39, 0.29) is 18.6 Å². The lowest BCUT2D eigenvalue weighted by Crippen LogP contribution is -2.61. The summed E-state index contributed by atoms with van der Waals surface area (Å²) in [4.78, 5) is 13.4. The van der Waals surface area contributed by atoms with E-state index < -0.39 is 6.04 Å². The zero-order chi connectivity index (χ0) is 10.6. The Morgan fingerprint density at radius 3 is 3.00 bits per heavy atom. The van der Waals surface area contributed by atoms with Crippen LogP contribution in [0.25, 0.3) is 0 Å². The highest BCUT2D eigenvalue weighted by molar-refractivity contribution is 5.82. The molecule has 5 heteroatoms. The van der Waals surface area contributed by atoms with Gasteiger partial charge in [-0.1, -0.05) is 0 Å². The number of nitrogens with one attached hydrogen (secondary N) is 1. The maximum atomic E-state index is 11.4. The van der Waals surface area contributed by atoms with Gasteiger partial charge in [0.25, 0.3) is 0 Å². The lowest BCUT2D eigenvalue weighted by atomic mass is 10.1. The molecule has 0 aromatic heterocycles. The molecule has 14 heavy (non-hydrogen) atoms. The molecule has 1 aliphatic heterocycles. The fourth-order valence-corrected chi connectivity index (χ4v) is 1.70. The molecule has 2 atom stereocenters. The quantitative estimate of drug-likeness (QED) is 0.602. The monoisotopic (exact) mass is 202 g/mol. The summed E-state index contributed by atoms with van der Waals surface area (Å²) in [6, 6.07) is -0.172. The molecule has 5 nitrogen and oxygen atoms in total. The summed E-state index contributed by atoms with van der Waals surface area (Å²) in [5.74, 6) is -0.0956. The summed E-state index contributed by atoms with van der Waals surface area (Å²) in [5.41, 5.74) is 0. The van der Waals surface area contributed by atoms with E-state index in [1.807, 2.05) is 11.8 Å². The number of carbonyl (C=O) groups excluding carboxylic acids is 1. The number of ether oxygens (including phenoxy) is 1. The van der Waals surface area contributed by atoms with Gasteiger partial charge in [-0.25, -0.2) is 0 Å². The van der Waals surface area contributed by atoms with E-state index in [4.69, 9.17) is 9.84 Å². The maximum absolute atomic E-state index is 11.4. The van der Waals surface area contributed by atoms with E-state index in [0.717, 1.165) is 0 Å². The molecule has 0 aromatic rings. The number of aliphatic hydroxyl groups is 1. The first-order valence-electron chi connectivity index (χ1n) is 4.84. The molecule has 0 aliphatic carbocycles. The van der Waals surface area contributed by atoms with Gasteiger partial charge in [0.15, 0.2) is 0 Å². The van der Waals surface area contributed by atoms with Crippen molar-refractivity contribution in [2.75, 3.05) is 33.4 Å². The van der Waals surface area contributed by atoms with Crippen LogP contribution in [0.3, 0.4) is 0 Å². The predicted octanol–water partition coefficient (Wildman–Crippen LogP) is -1.19. The Morgan fingerprint density at radius 2 is 2.43 bits per heavy atom. The smallest absolute Gasteiger partial charge is 0.239 e. The van der Waals surface area contributed by atoms with Gasteiger partial charge in [-0.2, -0.15) is 0 Å². The van der Waals surface area contributed by atoms with Crippen molar-refractivity contribution in [2.45, 2.75) is 19.0 Å². The van der Waals surface area contributed by atoms with E-state index in [1.54, 1.807) is 7.11 Å². The molecule has 2 N–H and O–H groups in total. The van der Waals surface area contributed by atoms with Crippen molar-refractivity contribution >= 4 is 5.91 Å². The van der Waals surface area contributed by atoms with Gasteiger partial charge in [-0.15, -0.1) is 0 Å². The average Bonchev–Trinajstić information content (AvgIpc) is 2.19. The zero-order valence-electron chi connectivity index (χ0n) is 8.69. The molecule has 1 heterocycles. The summed E-state index contributed by atoms with van der Waals surface area (Å²) in [5, 5.41) is 11.9. The molecule has 0 bridgehead atoms. The van der Waals surface area contributed by atoms with Crippen LogP contribution in [0.1, 0.15) is 6.92 Å². The molecule has 1 saturated heterocycles. The lowest BCUT2D eigenvalue weighted by Gasteiger charge is -2.38. The number of amides is 1. The highest BCUT2D eigenvalue weighted by atomic mass is 16.5. The van der Waals surface area contributed by atoms with Crippen molar-refractivity contribution < 1.29 is 14.6 Å². The van der Waals surface area contributed by atoms with E-state index in [1.165, 1.54) is 0 Å². The second-order valence-corrected chi connectivity index (χ2v) is 3.52.